The van der Waals surface area contributed by atoms with Gasteiger partial charge in [-0.15, -0.1) is 0 Å². The molecule has 2 rings (SSSR count). The Bertz CT molecular complexity index is 741. The normalized spacial score (nSPS) is 11.2. The second-order valence-electron chi connectivity index (χ2n) is 6.96. The number of rotatable bonds is 4. The van der Waals surface area contributed by atoms with Crippen molar-refractivity contribution < 1.29 is 14.0 Å². The fourth-order valence-electron chi connectivity index (χ4n) is 2.14. The number of nitrogens with one attached hydrogen (secondary N) is 1. The van der Waals surface area contributed by atoms with E-state index in [9.17, 15) is 9.59 Å². The summed E-state index contributed by atoms with van der Waals surface area (Å²) in [6.07, 6.45) is 0. The maximum absolute atomic E-state index is 12.6. The molecule has 0 saturated carbocycles. The summed E-state index contributed by atoms with van der Waals surface area (Å²) in [7, 11) is 1.72. The SMILES string of the molecule is Cc1ccc(CN(C)C(=O)c2cccc(NC(=O)C(C)(C)C)c2)o1. The van der Waals surface area contributed by atoms with Crippen LogP contribution < -0.4 is 5.32 Å². The van der Waals surface area contributed by atoms with Gasteiger partial charge in [0.15, 0.2) is 0 Å². The second-order valence-corrected chi connectivity index (χ2v) is 6.96. The highest BCUT2D eigenvalue weighted by atomic mass is 16.3. The zero-order valence-corrected chi connectivity index (χ0v) is 14.8. The van der Waals surface area contributed by atoms with Gasteiger partial charge in [-0.2, -0.15) is 0 Å². The molecule has 24 heavy (non-hydrogen) atoms. The summed E-state index contributed by atoms with van der Waals surface area (Å²) in [6.45, 7) is 7.79. The van der Waals surface area contributed by atoms with Gasteiger partial charge < -0.3 is 14.6 Å². The molecule has 0 radical (unpaired) electrons. The van der Waals surface area contributed by atoms with Crippen LogP contribution in [0.1, 0.15) is 42.6 Å². The molecule has 0 spiro atoms. The lowest BCUT2D eigenvalue weighted by Gasteiger charge is -2.19. The van der Waals surface area contributed by atoms with Crippen LogP contribution in [0.25, 0.3) is 0 Å². The van der Waals surface area contributed by atoms with E-state index < -0.39 is 5.41 Å². The molecule has 1 aromatic carbocycles. The molecule has 5 nitrogen and oxygen atoms in total. The van der Waals surface area contributed by atoms with Gasteiger partial charge in [0.2, 0.25) is 5.91 Å². The molecule has 0 aliphatic rings. The molecule has 2 aromatic rings. The summed E-state index contributed by atoms with van der Waals surface area (Å²) < 4.78 is 5.50. The number of carbonyl (C=O) groups excluding carboxylic acids is 2. The minimum Gasteiger partial charge on any atom is -0.464 e. The maximum Gasteiger partial charge on any atom is 0.254 e. The van der Waals surface area contributed by atoms with E-state index >= 15 is 0 Å². The highest BCUT2D eigenvalue weighted by Crippen LogP contribution is 2.19. The first-order valence-electron chi connectivity index (χ1n) is 7.89. The molecule has 0 unspecified atom stereocenters. The molecule has 5 heteroatoms. The molecule has 0 atom stereocenters. The minimum atomic E-state index is -0.492. The van der Waals surface area contributed by atoms with Crippen LogP contribution in [0.5, 0.6) is 0 Å². The average Bonchev–Trinajstić information content (AvgIpc) is 2.90. The molecule has 1 heterocycles. The minimum absolute atomic E-state index is 0.0912. The van der Waals surface area contributed by atoms with Gasteiger partial charge in [-0.05, 0) is 37.3 Å². The van der Waals surface area contributed by atoms with Gasteiger partial charge in [0.1, 0.15) is 11.5 Å². The summed E-state index contributed by atoms with van der Waals surface area (Å²) in [5.74, 6) is 1.33. The first kappa shape index (κ1) is 17.8. The quantitative estimate of drug-likeness (QED) is 0.927. The van der Waals surface area contributed by atoms with Gasteiger partial charge >= 0.3 is 0 Å². The Morgan fingerprint density at radius 2 is 1.88 bits per heavy atom. The molecule has 0 saturated heterocycles. The first-order valence-corrected chi connectivity index (χ1v) is 7.89. The lowest BCUT2D eigenvalue weighted by molar-refractivity contribution is -0.123. The molecule has 0 aliphatic carbocycles. The van der Waals surface area contributed by atoms with Crippen LogP contribution in [-0.2, 0) is 11.3 Å². The van der Waals surface area contributed by atoms with E-state index in [0.717, 1.165) is 11.5 Å². The van der Waals surface area contributed by atoms with Crippen LogP contribution in [0.2, 0.25) is 0 Å². The van der Waals surface area contributed by atoms with E-state index in [0.29, 0.717) is 17.8 Å². The zero-order chi connectivity index (χ0) is 17.9. The van der Waals surface area contributed by atoms with Crippen LogP contribution in [0.4, 0.5) is 5.69 Å². The van der Waals surface area contributed by atoms with E-state index in [4.69, 9.17) is 4.42 Å². The number of carbonyl (C=O) groups is 2. The largest absolute Gasteiger partial charge is 0.464 e. The summed E-state index contributed by atoms with van der Waals surface area (Å²) in [5.41, 5.74) is 0.643. The highest BCUT2D eigenvalue weighted by molar-refractivity contribution is 5.98. The van der Waals surface area contributed by atoms with Crippen molar-refractivity contribution in [3.63, 3.8) is 0 Å². The van der Waals surface area contributed by atoms with Gasteiger partial charge in [0.05, 0.1) is 6.54 Å². The molecular weight excluding hydrogens is 304 g/mol. The van der Waals surface area contributed by atoms with Crippen molar-refractivity contribution in [2.75, 3.05) is 12.4 Å². The monoisotopic (exact) mass is 328 g/mol. The number of hydrogen-bond donors (Lipinski definition) is 1. The van der Waals surface area contributed by atoms with Gasteiger partial charge in [0, 0.05) is 23.7 Å². The van der Waals surface area contributed by atoms with Gasteiger partial charge in [-0.3, -0.25) is 9.59 Å². The lowest BCUT2D eigenvalue weighted by atomic mass is 9.95. The Kier molecular flexibility index (Phi) is 5.12. The predicted molar refractivity (Wildman–Crippen MR) is 93.8 cm³/mol. The second kappa shape index (κ2) is 6.91. The predicted octanol–water partition coefficient (Wildman–Crippen LogP) is 3.84. The molecule has 0 aliphatic heterocycles. The molecule has 0 bridgehead atoms. The van der Waals surface area contributed by atoms with E-state index in [1.54, 1.807) is 36.2 Å². The molecule has 2 amide bonds. The van der Waals surface area contributed by atoms with E-state index in [1.165, 1.54) is 0 Å². The Balaban J connectivity index is 2.09. The zero-order valence-electron chi connectivity index (χ0n) is 14.8. The smallest absolute Gasteiger partial charge is 0.254 e. The van der Waals surface area contributed by atoms with Crippen molar-refractivity contribution in [1.29, 1.82) is 0 Å². The van der Waals surface area contributed by atoms with Gasteiger partial charge in [-0.1, -0.05) is 26.8 Å². The Hall–Kier alpha value is -2.56. The Morgan fingerprint density at radius 1 is 1.17 bits per heavy atom. The van der Waals surface area contributed by atoms with Crippen LogP contribution in [0.15, 0.2) is 40.8 Å². The number of benzene rings is 1. The third-order valence-electron chi connectivity index (χ3n) is 3.58. The first-order chi connectivity index (χ1) is 11.2. The summed E-state index contributed by atoms with van der Waals surface area (Å²) in [4.78, 5) is 26.2. The maximum atomic E-state index is 12.6. The molecule has 1 N–H and O–H groups in total. The van der Waals surface area contributed by atoms with E-state index in [-0.39, 0.29) is 11.8 Å². The van der Waals surface area contributed by atoms with Crippen molar-refractivity contribution in [2.45, 2.75) is 34.2 Å². The van der Waals surface area contributed by atoms with Crippen LogP contribution in [-0.4, -0.2) is 23.8 Å². The Morgan fingerprint density at radius 3 is 2.46 bits per heavy atom. The van der Waals surface area contributed by atoms with E-state index in [2.05, 4.69) is 5.32 Å². The number of amides is 2. The number of furan rings is 1. The number of aryl methyl sites for hydroxylation is 1. The van der Waals surface area contributed by atoms with E-state index in [1.807, 2.05) is 39.8 Å². The average molecular weight is 328 g/mol. The molecular formula is C19H24N2O3. The lowest BCUT2D eigenvalue weighted by Crippen LogP contribution is -2.28. The van der Waals surface area contributed by atoms with Gasteiger partial charge in [0.25, 0.3) is 5.91 Å². The molecule has 0 fully saturated rings. The summed E-state index contributed by atoms with van der Waals surface area (Å²) in [6, 6.07) is 10.7. The summed E-state index contributed by atoms with van der Waals surface area (Å²) >= 11 is 0. The van der Waals surface area contributed by atoms with Crippen molar-refractivity contribution >= 4 is 17.5 Å². The van der Waals surface area contributed by atoms with Crippen molar-refractivity contribution in [3.8, 4) is 0 Å². The highest BCUT2D eigenvalue weighted by Gasteiger charge is 2.21. The summed E-state index contributed by atoms with van der Waals surface area (Å²) in [5, 5.41) is 2.84. The molecule has 1 aromatic heterocycles. The molecule has 128 valence electrons. The van der Waals surface area contributed by atoms with Crippen molar-refractivity contribution in [1.82, 2.24) is 4.90 Å². The standard InChI is InChI=1S/C19H24N2O3/c1-13-9-10-16(24-13)12-21(5)17(22)14-7-6-8-15(11-14)20-18(23)19(2,3)4/h6-11H,12H2,1-5H3,(H,20,23). The van der Waals surface area contributed by atoms with Crippen LogP contribution in [0.3, 0.4) is 0 Å². The third-order valence-corrected chi connectivity index (χ3v) is 3.58. The van der Waals surface area contributed by atoms with Crippen LogP contribution in [0, 0.1) is 12.3 Å². The third kappa shape index (κ3) is 4.47. The van der Waals surface area contributed by atoms with Crippen molar-refractivity contribution in [3.05, 3.63) is 53.5 Å². The number of anilines is 1. The van der Waals surface area contributed by atoms with Crippen LogP contribution >= 0.6 is 0 Å². The Labute approximate surface area is 142 Å². The fourth-order valence-corrected chi connectivity index (χ4v) is 2.14. The van der Waals surface area contributed by atoms with Crippen molar-refractivity contribution in [2.24, 2.45) is 5.41 Å². The number of nitrogens with zero attached hydrogens (tertiary/aromatic N) is 1. The fraction of sp³-hybridized carbons (Fsp3) is 0.368. The number of hydrogen-bond acceptors (Lipinski definition) is 3. The topological polar surface area (TPSA) is 62.6 Å². The van der Waals surface area contributed by atoms with Gasteiger partial charge in [-0.25, -0.2) is 0 Å².